The van der Waals surface area contributed by atoms with E-state index >= 15 is 0 Å². The number of nitrogens with one attached hydrogen (secondary N) is 1. The van der Waals surface area contributed by atoms with Gasteiger partial charge in [0.05, 0.1) is 23.9 Å². The van der Waals surface area contributed by atoms with E-state index in [0.717, 1.165) is 43.1 Å². The van der Waals surface area contributed by atoms with Crippen LogP contribution in [0.15, 0.2) is 24.4 Å². The van der Waals surface area contributed by atoms with Crippen LogP contribution < -0.4 is 10.2 Å². The molecule has 1 amide bonds. The van der Waals surface area contributed by atoms with Gasteiger partial charge in [-0.05, 0) is 32.9 Å². The second kappa shape index (κ2) is 6.72. The lowest BCUT2D eigenvalue weighted by molar-refractivity contribution is -0.00948. The van der Waals surface area contributed by atoms with Crippen molar-refractivity contribution in [1.29, 1.82) is 0 Å². The molecule has 2 aromatic heterocycles. The molecule has 1 saturated heterocycles. The summed E-state index contributed by atoms with van der Waals surface area (Å²) in [5, 5.41) is 7.71. The molecule has 26 heavy (non-hydrogen) atoms. The molecule has 138 valence electrons. The molecule has 0 aliphatic carbocycles. The highest BCUT2D eigenvalue weighted by Crippen LogP contribution is 2.32. The number of pyridine rings is 1. The minimum atomic E-state index is -0.0829. The summed E-state index contributed by atoms with van der Waals surface area (Å²) in [7, 11) is 0. The van der Waals surface area contributed by atoms with Crippen LogP contribution in [-0.2, 0) is 17.7 Å². The van der Waals surface area contributed by atoms with Crippen molar-refractivity contribution in [2.24, 2.45) is 0 Å². The van der Waals surface area contributed by atoms with Crippen LogP contribution in [0.2, 0.25) is 0 Å². The van der Waals surface area contributed by atoms with E-state index < -0.39 is 0 Å². The molecular weight excluding hydrogens is 330 g/mol. The lowest BCUT2D eigenvalue weighted by atomic mass is 9.99. The van der Waals surface area contributed by atoms with E-state index in [1.807, 2.05) is 43.7 Å². The van der Waals surface area contributed by atoms with Crippen molar-refractivity contribution < 1.29 is 9.53 Å². The quantitative estimate of drug-likeness (QED) is 0.907. The van der Waals surface area contributed by atoms with Crippen molar-refractivity contribution >= 4 is 11.7 Å². The number of hydrogen-bond donors (Lipinski definition) is 1. The van der Waals surface area contributed by atoms with E-state index in [1.54, 1.807) is 6.20 Å². The number of aromatic nitrogens is 3. The molecule has 4 heterocycles. The van der Waals surface area contributed by atoms with Crippen molar-refractivity contribution in [2.45, 2.75) is 52.0 Å². The summed E-state index contributed by atoms with van der Waals surface area (Å²) >= 11 is 0. The Kier molecular flexibility index (Phi) is 4.40. The fourth-order valence-corrected chi connectivity index (χ4v) is 3.89. The van der Waals surface area contributed by atoms with Gasteiger partial charge in [0, 0.05) is 37.8 Å². The maximum atomic E-state index is 12.8. The molecule has 7 nitrogen and oxygen atoms in total. The van der Waals surface area contributed by atoms with E-state index in [0.29, 0.717) is 5.69 Å². The molecule has 2 aliphatic heterocycles. The van der Waals surface area contributed by atoms with Gasteiger partial charge in [-0.1, -0.05) is 6.07 Å². The Morgan fingerprint density at radius 2 is 2.15 bits per heavy atom. The first-order valence-electron chi connectivity index (χ1n) is 9.28. The van der Waals surface area contributed by atoms with Crippen LogP contribution in [0.4, 0.5) is 5.82 Å². The van der Waals surface area contributed by atoms with E-state index in [4.69, 9.17) is 4.74 Å². The normalized spacial score (nSPS) is 22.7. The summed E-state index contributed by atoms with van der Waals surface area (Å²) < 4.78 is 7.82. The molecule has 4 rings (SSSR count). The number of carbonyl (C=O) groups is 1. The predicted molar refractivity (Wildman–Crippen MR) is 98.3 cm³/mol. The number of rotatable bonds is 4. The maximum Gasteiger partial charge on any atom is 0.272 e. The SMILES string of the molecule is CCn1nc(C(=O)NC2CN(c3ccccn3)C2)c2c1[C@H](C)O[C@H](C)C2. The Morgan fingerprint density at radius 1 is 1.35 bits per heavy atom. The van der Waals surface area contributed by atoms with Crippen LogP contribution in [-0.4, -0.2) is 45.9 Å². The Bertz CT molecular complexity index is 798. The van der Waals surface area contributed by atoms with Crippen molar-refractivity contribution in [1.82, 2.24) is 20.1 Å². The number of anilines is 1. The third kappa shape index (κ3) is 2.96. The molecule has 0 radical (unpaired) electrons. The molecule has 2 aliphatic rings. The van der Waals surface area contributed by atoms with Gasteiger partial charge in [-0.3, -0.25) is 9.48 Å². The summed E-state index contributed by atoms with van der Waals surface area (Å²) in [6, 6.07) is 5.99. The monoisotopic (exact) mass is 355 g/mol. The maximum absolute atomic E-state index is 12.8. The fourth-order valence-electron chi connectivity index (χ4n) is 3.89. The number of fused-ring (bicyclic) bond motifs is 1. The zero-order chi connectivity index (χ0) is 18.3. The Balaban J connectivity index is 1.46. The zero-order valence-corrected chi connectivity index (χ0v) is 15.5. The summed E-state index contributed by atoms with van der Waals surface area (Å²) in [6.07, 6.45) is 2.58. The standard InChI is InChI=1S/C19H25N5O2/c1-4-24-18-13(3)26-12(2)9-15(18)17(22-24)19(25)21-14-10-23(11-14)16-7-5-6-8-20-16/h5-8,12-14H,4,9-11H2,1-3H3,(H,21,25)/t12-,13+/m1/s1. The zero-order valence-electron chi connectivity index (χ0n) is 15.5. The Morgan fingerprint density at radius 3 is 2.85 bits per heavy atom. The van der Waals surface area contributed by atoms with Gasteiger partial charge in [-0.2, -0.15) is 5.10 Å². The lowest BCUT2D eigenvalue weighted by Crippen LogP contribution is -2.59. The minimum Gasteiger partial charge on any atom is -0.369 e. The summed E-state index contributed by atoms with van der Waals surface area (Å²) in [5.41, 5.74) is 2.64. The first kappa shape index (κ1) is 17.0. The molecular formula is C19H25N5O2. The van der Waals surface area contributed by atoms with Gasteiger partial charge in [0.25, 0.3) is 5.91 Å². The summed E-state index contributed by atoms with van der Waals surface area (Å²) in [4.78, 5) is 19.3. The number of hydrogen-bond acceptors (Lipinski definition) is 5. The number of nitrogens with zero attached hydrogens (tertiary/aromatic N) is 4. The predicted octanol–water partition coefficient (Wildman–Crippen LogP) is 1.94. The minimum absolute atomic E-state index is 0.0360. The van der Waals surface area contributed by atoms with Crippen LogP contribution >= 0.6 is 0 Å². The van der Waals surface area contributed by atoms with Crippen LogP contribution in [0.3, 0.4) is 0 Å². The van der Waals surface area contributed by atoms with Crippen molar-refractivity contribution in [3.05, 3.63) is 41.3 Å². The van der Waals surface area contributed by atoms with Crippen molar-refractivity contribution in [3.63, 3.8) is 0 Å². The highest BCUT2D eigenvalue weighted by Gasteiger charge is 2.34. The molecule has 0 saturated carbocycles. The van der Waals surface area contributed by atoms with Gasteiger partial charge in [0.15, 0.2) is 5.69 Å². The van der Waals surface area contributed by atoms with E-state index in [9.17, 15) is 4.79 Å². The van der Waals surface area contributed by atoms with Crippen molar-refractivity contribution in [2.75, 3.05) is 18.0 Å². The molecule has 7 heteroatoms. The van der Waals surface area contributed by atoms with Crippen LogP contribution in [0.5, 0.6) is 0 Å². The fraction of sp³-hybridized carbons (Fsp3) is 0.526. The largest absolute Gasteiger partial charge is 0.369 e. The third-order valence-corrected chi connectivity index (χ3v) is 5.11. The van der Waals surface area contributed by atoms with E-state index in [1.165, 1.54) is 0 Å². The van der Waals surface area contributed by atoms with Gasteiger partial charge in [0.2, 0.25) is 0 Å². The van der Waals surface area contributed by atoms with Gasteiger partial charge in [0.1, 0.15) is 5.82 Å². The second-order valence-corrected chi connectivity index (χ2v) is 7.08. The summed E-state index contributed by atoms with van der Waals surface area (Å²) in [6.45, 7) is 8.39. The highest BCUT2D eigenvalue weighted by molar-refractivity contribution is 5.94. The number of ether oxygens (including phenoxy) is 1. The topological polar surface area (TPSA) is 72.3 Å². The highest BCUT2D eigenvalue weighted by atomic mass is 16.5. The molecule has 0 unspecified atom stereocenters. The lowest BCUT2D eigenvalue weighted by Gasteiger charge is -2.40. The number of amides is 1. The average molecular weight is 355 g/mol. The van der Waals surface area contributed by atoms with Gasteiger partial charge >= 0.3 is 0 Å². The molecule has 0 spiro atoms. The number of carbonyl (C=O) groups excluding carboxylic acids is 1. The second-order valence-electron chi connectivity index (χ2n) is 7.08. The van der Waals surface area contributed by atoms with Crippen LogP contribution in [0, 0.1) is 0 Å². The molecule has 0 bridgehead atoms. The number of aryl methyl sites for hydroxylation is 1. The average Bonchev–Trinajstić information content (AvgIpc) is 2.97. The first-order chi connectivity index (χ1) is 12.6. The van der Waals surface area contributed by atoms with E-state index in [2.05, 4.69) is 20.3 Å². The van der Waals surface area contributed by atoms with Crippen molar-refractivity contribution in [3.8, 4) is 0 Å². The van der Waals surface area contributed by atoms with Gasteiger partial charge in [-0.15, -0.1) is 0 Å². The molecule has 0 aromatic carbocycles. The van der Waals surface area contributed by atoms with Gasteiger partial charge < -0.3 is 15.0 Å². The summed E-state index contributed by atoms with van der Waals surface area (Å²) in [5.74, 6) is 0.867. The van der Waals surface area contributed by atoms with E-state index in [-0.39, 0.29) is 24.2 Å². The molecule has 2 atom stereocenters. The Labute approximate surface area is 153 Å². The van der Waals surface area contributed by atoms with Crippen LogP contribution in [0.1, 0.15) is 48.6 Å². The van der Waals surface area contributed by atoms with Gasteiger partial charge in [-0.25, -0.2) is 4.98 Å². The third-order valence-electron chi connectivity index (χ3n) is 5.11. The smallest absolute Gasteiger partial charge is 0.272 e. The van der Waals surface area contributed by atoms with Crippen LogP contribution in [0.25, 0.3) is 0 Å². The molecule has 1 fully saturated rings. The molecule has 1 N–H and O–H groups in total. The Hall–Kier alpha value is -2.41. The molecule has 2 aromatic rings. The first-order valence-corrected chi connectivity index (χ1v) is 9.28.